The summed E-state index contributed by atoms with van der Waals surface area (Å²) in [5.74, 6) is 0.993. The summed E-state index contributed by atoms with van der Waals surface area (Å²) in [5.41, 5.74) is 1.04. The van der Waals surface area contributed by atoms with Gasteiger partial charge in [0.05, 0.1) is 30.8 Å². The van der Waals surface area contributed by atoms with E-state index >= 15 is 0 Å². The zero-order valence-electron chi connectivity index (χ0n) is 12.2. The van der Waals surface area contributed by atoms with E-state index in [2.05, 4.69) is 5.32 Å². The highest BCUT2D eigenvalue weighted by Crippen LogP contribution is 2.16. The molecule has 0 unspecified atom stereocenters. The average Bonchev–Trinajstić information content (AvgIpc) is 3.21. The molecular weight excluding hydrogens is 284 g/mol. The molecule has 112 valence electrons. The van der Waals surface area contributed by atoms with Crippen molar-refractivity contribution in [3.05, 3.63) is 46.0 Å². The van der Waals surface area contributed by atoms with Crippen molar-refractivity contribution >= 4 is 17.2 Å². The molecule has 1 aliphatic heterocycles. The van der Waals surface area contributed by atoms with E-state index in [1.54, 1.807) is 6.26 Å². The second-order valence-corrected chi connectivity index (χ2v) is 6.49. The zero-order valence-corrected chi connectivity index (χ0v) is 13.0. The Morgan fingerprint density at radius 3 is 2.86 bits per heavy atom. The molecule has 0 bridgehead atoms. The molecule has 21 heavy (non-hydrogen) atoms. The van der Waals surface area contributed by atoms with Crippen LogP contribution in [0.3, 0.4) is 0 Å². The van der Waals surface area contributed by atoms with E-state index in [1.807, 2.05) is 30.5 Å². The summed E-state index contributed by atoms with van der Waals surface area (Å²) in [6.07, 6.45) is 4.22. The number of aryl methyl sites for hydroxylation is 1. The third-order valence-corrected chi connectivity index (χ3v) is 5.18. The van der Waals surface area contributed by atoms with E-state index in [-0.39, 0.29) is 11.9 Å². The minimum atomic E-state index is 0.0256. The molecule has 0 aromatic carbocycles. The third kappa shape index (κ3) is 3.19. The largest absolute Gasteiger partial charge is 0.463 e. The summed E-state index contributed by atoms with van der Waals surface area (Å²) in [5, 5.41) is 5.04. The quantitative estimate of drug-likeness (QED) is 0.885. The van der Waals surface area contributed by atoms with Crippen molar-refractivity contribution in [1.82, 2.24) is 5.32 Å². The summed E-state index contributed by atoms with van der Waals surface area (Å²) < 4.78 is 5.59. The molecule has 1 saturated heterocycles. The van der Waals surface area contributed by atoms with Crippen LogP contribution < -0.4 is 10.2 Å². The van der Waals surface area contributed by atoms with Crippen molar-refractivity contribution in [3.8, 4) is 0 Å². The van der Waals surface area contributed by atoms with Gasteiger partial charge in [-0.15, -0.1) is 11.3 Å². The predicted molar refractivity (Wildman–Crippen MR) is 82.8 cm³/mol. The number of carbonyl (C=O) groups excluding carboxylic acids is 1. The van der Waals surface area contributed by atoms with Gasteiger partial charge in [-0.2, -0.15) is 0 Å². The Labute approximate surface area is 128 Å². The highest BCUT2D eigenvalue weighted by molar-refractivity contribution is 7.12. The van der Waals surface area contributed by atoms with Crippen LogP contribution >= 0.6 is 11.3 Å². The lowest BCUT2D eigenvalue weighted by Gasteiger charge is -2.23. The van der Waals surface area contributed by atoms with Gasteiger partial charge < -0.3 is 14.6 Å². The molecule has 0 saturated carbocycles. The summed E-state index contributed by atoms with van der Waals surface area (Å²) in [4.78, 5) is 14.6. The fraction of sp³-hybridized carbons (Fsp3) is 0.438. The molecule has 2 aromatic rings. The molecule has 5 heteroatoms. The van der Waals surface area contributed by atoms with Crippen LogP contribution in [0.1, 0.15) is 39.9 Å². The first-order valence-electron chi connectivity index (χ1n) is 7.46. The minimum absolute atomic E-state index is 0.0256. The number of likely N-dealkylation sites (tertiary alicyclic amines) is 1. The second-order valence-electron chi connectivity index (χ2n) is 5.58. The molecule has 1 amide bonds. The van der Waals surface area contributed by atoms with Crippen molar-refractivity contribution in [2.75, 3.05) is 19.6 Å². The standard InChI is InChI=1S/C16H20N2O2S/c1-12-6-10-21-15(12)16(19)17-11-13(14-5-4-9-20-14)18-7-2-3-8-18/h4-6,9-10,13H,2-3,7-8,11H2,1H3,(H,17,19)/p+1/t13-/m1/s1. The molecule has 1 aliphatic rings. The Balaban J connectivity index is 1.67. The molecule has 3 rings (SSSR count). The summed E-state index contributed by atoms with van der Waals surface area (Å²) >= 11 is 1.50. The molecule has 1 fully saturated rings. The molecule has 0 aliphatic carbocycles. The Bertz CT molecular complexity index is 585. The average molecular weight is 305 g/mol. The van der Waals surface area contributed by atoms with Gasteiger partial charge in [0.25, 0.3) is 5.91 Å². The van der Waals surface area contributed by atoms with Crippen molar-refractivity contribution in [3.63, 3.8) is 0 Å². The van der Waals surface area contributed by atoms with Crippen molar-refractivity contribution in [2.45, 2.75) is 25.8 Å². The Morgan fingerprint density at radius 2 is 2.24 bits per heavy atom. The summed E-state index contributed by atoms with van der Waals surface area (Å²) in [7, 11) is 0. The van der Waals surface area contributed by atoms with Crippen molar-refractivity contribution in [1.29, 1.82) is 0 Å². The molecule has 3 heterocycles. The molecular formula is C16H21N2O2S+. The minimum Gasteiger partial charge on any atom is -0.463 e. The third-order valence-electron chi connectivity index (χ3n) is 4.16. The fourth-order valence-corrected chi connectivity index (χ4v) is 3.84. The van der Waals surface area contributed by atoms with Crippen LogP contribution in [-0.2, 0) is 0 Å². The van der Waals surface area contributed by atoms with Crippen LogP contribution in [-0.4, -0.2) is 25.5 Å². The van der Waals surface area contributed by atoms with E-state index in [1.165, 1.54) is 29.1 Å². The number of thiophene rings is 1. The van der Waals surface area contributed by atoms with E-state index in [0.29, 0.717) is 6.54 Å². The number of rotatable bonds is 5. The van der Waals surface area contributed by atoms with E-state index in [9.17, 15) is 4.79 Å². The van der Waals surface area contributed by atoms with Crippen molar-refractivity contribution in [2.24, 2.45) is 0 Å². The summed E-state index contributed by atoms with van der Waals surface area (Å²) in [6.45, 7) is 4.90. The summed E-state index contributed by atoms with van der Waals surface area (Å²) in [6, 6.07) is 6.13. The van der Waals surface area contributed by atoms with Crippen LogP contribution in [0.4, 0.5) is 0 Å². The molecule has 1 atom stereocenters. The lowest BCUT2D eigenvalue weighted by Crippen LogP contribution is -3.11. The molecule has 2 aromatic heterocycles. The van der Waals surface area contributed by atoms with Gasteiger partial charge in [0.1, 0.15) is 0 Å². The molecule has 2 N–H and O–H groups in total. The number of furan rings is 1. The van der Waals surface area contributed by atoms with Gasteiger partial charge in [-0.3, -0.25) is 4.79 Å². The maximum Gasteiger partial charge on any atom is 0.261 e. The number of quaternary nitrogens is 1. The van der Waals surface area contributed by atoms with Gasteiger partial charge in [0.2, 0.25) is 0 Å². The van der Waals surface area contributed by atoms with E-state index < -0.39 is 0 Å². The number of carbonyl (C=O) groups is 1. The maximum absolute atomic E-state index is 12.3. The smallest absolute Gasteiger partial charge is 0.261 e. The first-order chi connectivity index (χ1) is 10.3. The van der Waals surface area contributed by atoms with Gasteiger partial charge in [0, 0.05) is 12.8 Å². The van der Waals surface area contributed by atoms with Crippen LogP contribution in [0.15, 0.2) is 34.3 Å². The zero-order chi connectivity index (χ0) is 14.7. The number of hydrogen-bond acceptors (Lipinski definition) is 3. The molecule has 0 radical (unpaired) electrons. The Hall–Kier alpha value is -1.59. The normalized spacial score (nSPS) is 17.0. The molecule has 4 nitrogen and oxygen atoms in total. The SMILES string of the molecule is Cc1ccsc1C(=O)NC[C@H](c1ccco1)[NH+]1CCCC1. The topological polar surface area (TPSA) is 46.7 Å². The fourth-order valence-electron chi connectivity index (χ4n) is 2.99. The van der Waals surface area contributed by atoms with Gasteiger partial charge in [-0.1, -0.05) is 0 Å². The second kappa shape index (κ2) is 6.45. The van der Waals surface area contributed by atoms with Crippen LogP contribution in [0, 0.1) is 6.92 Å². The maximum atomic E-state index is 12.3. The monoisotopic (exact) mass is 305 g/mol. The Morgan fingerprint density at radius 1 is 1.43 bits per heavy atom. The van der Waals surface area contributed by atoms with Crippen LogP contribution in [0.2, 0.25) is 0 Å². The van der Waals surface area contributed by atoms with Gasteiger partial charge in [-0.25, -0.2) is 0 Å². The van der Waals surface area contributed by atoms with Gasteiger partial charge in [-0.05, 0) is 36.1 Å². The van der Waals surface area contributed by atoms with E-state index in [0.717, 1.165) is 29.3 Å². The number of hydrogen-bond donors (Lipinski definition) is 2. The highest BCUT2D eigenvalue weighted by atomic mass is 32.1. The first-order valence-corrected chi connectivity index (χ1v) is 8.34. The van der Waals surface area contributed by atoms with Gasteiger partial charge in [0.15, 0.2) is 11.8 Å². The molecule has 0 spiro atoms. The lowest BCUT2D eigenvalue weighted by atomic mass is 10.2. The number of amides is 1. The predicted octanol–water partition coefficient (Wildman–Crippen LogP) is 1.80. The van der Waals surface area contributed by atoms with Crippen LogP contribution in [0.25, 0.3) is 0 Å². The first kappa shape index (κ1) is 14.4. The van der Waals surface area contributed by atoms with Gasteiger partial charge >= 0.3 is 0 Å². The van der Waals surface area contributed by atoms with Crippen molar-refractivity contribution < 1.29 is 14.1 Å². The van der Waals surface area contributed by atoms with E-state index in [4.69, 9.17) is 4.42 Å². The highest BCUT2D eigenvalue weighted by Gasteiger charge is 2.30. The number of nitrogens with one attached hydrogen (secondary N) is 2. The lowest BCUT2D eigenvalue weighted by molar-refractivity contribution is -0.919. The Kier molecular flexibility index (Phi) is 4.41. The van der Waals surface area contributed by atoms with Crippen LogP contribution in [0.5, 0.6) is 0 Å².